The highest BCUT2D eigenvalue weighted by Crippen LogP contribution is 2.25. The van der Waals surface area contributed by atoms with Crippen LogP contribution in [0, 0.1) is 0 Å². The fourth-order valence-corrected chi connectivity index (χ4v) is 2.69. The van der Waals surface area contributed by atoms with E-state index in [9.17, 15) is 4.79 Å². The average molecular weight is 301 g/mol. The molecule has 0 spiro atoms. The summed E-state index contributed by atoms with van der Waals surface area (Å²) >= 11 is 0. The molecule has 0 bridgehead atoms. The van der Waals surface area contributed by atoms with E-state index in [1.165, 1.54) is 6.33 Å². The predicted octanol–water partition coefficient (Wildman–Crippen LogP) is 1.18. The molecule has 2 heterocycles. The Kier molecular flexibility index (Phi) is 4.17. The molecule has 3 rings (SSSR count). The van der Waals surface area contributed by atoms with Crippen molar-refractivity contribution in [1.82, 2.24) is 20.5 Å². The predicted molar refractivity (Wildman–Crippen MR) is 82.3 cm³/mol. The number of amides is 1. The molecule has 1 aromatic heterocycles. The lowest BCUT2D eigenvalue weighted by Gasteiger charge is -2.34. The van der Waals surface area contributed by atoms with E-state index in [0.717, 1.165) is 18.7 Å². The standard InChI is InChI=1S/C15H19N5O2/c1-22-15(5-7-16-8-6-15)14(21)19-12-4-2-3-11(9-12)13-17-10-18-20-13/h2-4,9-10,16H,5-8H2,1H3,(H,19,21)(H,17,18,20). The van der Waals surface area contributed by atoms with E-state index >= 15 is 0 Å². The Bertz CT molecular complexity index is 635. The van der Waals surface area contributed by atoms with Crippen molar-refractivity contribution in [2.45, 2.75) is 18.4 Å². The number of anilines is 1. The first-order valence-corrected chi connectivity index (χ1v) is 7.27. The van der Waals surface area contributed by atoms with E-state index in [1.54, 1.807) is 7.11 Å². The fraction of sp³-hybridized carbons (Fsp3) is 0.400. The molecule has 7 heteroatoms. The van der Waals surface area contributed by atoms with E-state index in [2.05, 4.69) is 25.8 Å². The van der Waals surface area contributed by atoms with Gasteiger partial charge in [0, 0.05) is 18.4 Å². The monoisotopic (exact) mass is 301 g/mol. The van der Waals surface area contributed by atoms with E-state index in [-0.39, 0.29) is 5.91 Å². The molecular formula is C15H19N5O2. The van der Waals surface area contributed by atoms with Gasteiger partial charge in [-0.3, -0.25) is 9.89 Å². The van der Waals surface area contributed by atoms with Gasteiger partial charge in [0.15, 0.2) is 5.82 Å². The van der Waals surface area contributed by atoms with Crippen molar-refractivity contribution in [1.29, 1.82) is 0 Å². The molecule has 0 aliphatic carbocycles. The summed E-state index contributed by atoms with van der Waals surface area (Å²) in [6.45, 7) is 1.55. The number of aromatic nitrogens is 3. The van der Waals surface area contributed by atoms with Crippen LogP contribution >= 0.6 is 0 Å². The number of nitrogens with one attached hydrogen (secondary N) is 3. The van der Waals surface area contributed by atoms with Crippen LogP contribution in [-0.2, 0) is 9.53 Å². The number of rotatable bonds is 4. The Balaban J connectivity index is 1.78. The van der Waals surface area contributed by atoms with Crippen LogP contribution in [-0.4, -0.2) is 46.9 Å². The first kappa shape index (κ1) is 14.7. The van der Waals surface area contributed by atoms with Crippen LogP contribution in [0.3, 0.4) is 0 Å². The van der Waals surface area contributed by atoms with Crippen molar-refractivity contribution < 1.29 is 9.53 Å². The summed E-state index contributed by atoms with van der Waals surface area (Å²) in [6, 6.07) is 7.49. The molecule has 1 aliphatic rings. The highest BCUT2D eigenvalue weighted by atomic mass is 16.5. The van der Waals surface area contributed by atoms with Crippen molar-refractivity contribution in [3.05, 3.63) is 30.6 Å². The summed E-state index contributed by atoms with van der Waals surface area (Å²) in [5.41, 5.74) is 0.828. The van der Waals surface area contributed by atoms with Crippen LogP contribution in [0.5, 0.6) is 0 Å². The Morgan fingerprint density at radius 2 is 2.18 bits per heavy atom. The van der Waals surface area contributed by atoms with E-state index in [4.69, 9.17) is 4.74 Å². The van der Waals surface area contributed by atoms with Gasteiger partial charge in [0.05, 0.1) is 0 Å². The summed E-state index contributed by atoms with van der Waals surface area (Å²) in [5.74, 6) is 0.561. The highest BCUT2D eigenvalue weighted by molar-refractivity contribution is 5.97. The Morgan fingerprint density at radius 3 is 2.86 bits per heavy atom. The molecule has 1 saturated heterocycles. The van der Waals surface area contributed by atoms with Crippen LogP contribution in [0.2, 0.25) is 0 Å². The second kappa shape index (κ2) is 6.25. The number of methoxy groups -OCH3 is 1. The van der Waals surface area contributed by atoms with E-state index in [1.807, 2.05) is 24.3 Å². The number of carbonyl (C=O) groups excluding carboxylic acids is 1. The molecule has 1 aromatic carbocycles. The van der Waals surface area contributed by atoms with Crippen molar-refractivity contribution in [2.75, 3.05) is 25.5 Å². The topological polar surface area (TPSA) is 91.9 Å². The number of hydrogen-bond donors (Lipinski definition) is 3. The van der Waals surface area contributed by atoms with Gasteiger partial charge in [-0.05, 0) is 38.1 Å². The maximum absolute atomic E-state index is 12.6. The summed E-state index contributed by atoms with van der Waals surface area (Å²) < 4.78 is 5.53. The second-order valence-corrected chi connectivity index (χ2v) is 5.32. The third-order valence-corrected chi connectivity index (χ3v) is 4.02. The van der Waals surface area contributed by atoms with Gasteiger partial charge >= 0.3 is 0 Å². The summed E-state index contributed by atoms with van der Waals surface area (Å²) in [7, 11) is 1.59. The van der Waals surface area contributed by atoms with Crippen LogP contribution in [0.1, 0.15) is 12.8 Å². The molecule has 0 atom stereocenters. The Hall–Kier alpha value is -2.25. The van der Waals surface area contributed by atoms with Crippen LogP contribution in [0.4, 0.5) is 5.69 Å². The van der Waals surface area contributed by atoms with Crippen LogP contribution in [0.15, 0.2) is 30.6 Å². The van der Waals surface area contributed by atoms with E-state index in [0.29, 0.717) is 24.4 Å². The summed E-state index contributed by atoms with van der Waals surface area (Å²) in [4.78, 5) is 16.7. The van der Waals surface area contributed by atoms with Crippen LogP contribution < -0.4 is 10.6 Å². The van der Waals surface area contributed by atoms with Crippen molar-refractivity contribution >= 4 is 11.6 Å². The van der Waals surface area contributed by atoms with E-state index < -0.39 is 5.60 Å². The molecule has 7 nitrogen and oxygen atoms in total. The zero-order valence-corrected chi connectivity index (χ0v) is 12.4. The summed E-state index contributed by atoms with van der Waals surface area (Å²) in [6.07, 6.45) is 2.78. The molecule has 0 radical (unpaired) electrons. The zero-order valence-electron chi connectivity index (χ0n) is 12.4. The van der Waals surface area contributed by atoms with Gasteiger partial charge < -0.3 is 15.4 Å². The molecule has 0 saturated carbocycles. The van der Waals surface area contributed by atoms with Gasteiger partial charge in [-0.25, -0.2) is 4.98 Å². The Morgan fingerprint density at radius 1 is 1.36 bits per heavy atom. The molecule has 22 heavy (non-hydrogen) atoms. The van der Waals surface area contributed by atoms with Crippen molar-refractivity contribution in [2.24, 2.45) is 0 Å². The maximum Gasteiger partial charge on any atom is 0.256 e. The largest absolute Gasteiger partial charge is 0.368 e. The number of hydrogen-bond acceptors (Lipinski definition) is 5. The minimum Gasteiger partial charge on any atom is -0.368 e. The van der Waals surface area contributed by atoms with Gasteiger partial charge in [-0.15, -0.1) is 0 Å². The highest BCUT2D eigenvalue weighted by Gasteiger charge is 2.39. The lowest BCUT2D eigenvalue weighted by Crippen LogP contribution is -2.51. The number of piperidine rings is 1. The maximum atomic E-state index is 12.6. The quantitative estimate of drug-likeness (QED) is 0.788. The number of ether oxygens (including phenoxy) is 1. The molecular weight excluding hydrogens is 282 g/mol. The Labute approximate surface area is 128 Å². The number of carbonyl (C=O) groups is 1. The van der Waals surface area contributed by atoms with Crippen molar-refractivity contribution in [3.8, 4) is 11.4 Å². The smallest absolute Gasteiger partial charge is 0.256 e. The third-order valence-electron chi connectivity index (χ3n) is 4.02. The first-order valence-electron chi connectivity index (χ1n) is 7.27. The number of nitrogens with zero attached hydrogens (tertiary/aromatic N) is 2. The molecule has 1 amide bonds. The van der Waals surface area contributed by atoms with Gasteiger partial charge in [0.25, 0.3) is 5.91 Å². The van der Waals surface area contributed by atoms with Gasteiger partial charge in [0.2, 0.25) is 0 Å². The average Bonchev–Trinajstić information content (AvgIpc) is 3.10. The molecule has 2 aromatic rings. The number of aromatic amines is 1. The van der Waals surface area contributed by atoms with Gasteiger partial charge in [0.1, 0.15) is 11.9 Å². The van der Waals surface area contributed by atoms with Gasteiger partial charge in [-0.2, -0.15) is 5.10 Å². The van der Waals surface area contributed by atoms with Crippen molar-refractivity contribution in [3.63, 3.8) is 0 Å². The SMILES string of the molecule is COC1(C(=O)Nc2cccc(-c3ncn[nH]3)c2)CCNCC1. The normalized spacial score (nSPS) is 17.1. The third kappa shape index (κ3) is 2.86. The minimum absolute atomic E-state index is 0.105. The molecule has 1 aliphatic heterocycles. The molecule has 116 valence electrons. The summed E-state index contributed by atoms with van der Waals surface area (Å²) in [5, 5.41) is 12.8. The number of H-pyrrole nitrogens is 1. The first-order chi connectivity index (χ1) is 10.7. The second-order valence-electron chi connectivity index (χ2n) is 5.32. The number of benzene rings is 1. The zero-order chi connectivity index (χ0) is 15.4. The molecule has 1 fully saturated rings. The van der Waals surface area contributed by atoms with Crippen LogP contribution in [0.25, 0.3) is 11.4 Å². The minimum atomic E-state index is -0.756. The fourth-order valence-electron chi connectivity index (χ4n) is 2.69. The lowest BCUT2D eigenvalue weighted by molar-refractivity contribution is -0.140. The molecule has 3 N–H and O–H groups in total. The molecule has 0 unspecified atom stereocenters. The lowest BCUT2D eigenvalue weighted by atomic mass is 9.91. The van der Waals surface area contributed by atoms with Gasteiger partial charge in [-0.1, -0.05) is 12.1 Å².